The van der Waals surface area contributed by atoms with Gasteiger partial charge >= 0.3 is 0 Å². The lowest BCUT2D eigenvalue weighted by atomic mass is 9.90. The molecule has 1 fully saturated rings. The molecule has 4 rings (SSSR count). The molecule has 1 saturated heterocycles. The molecule has 0 radical (unpaired) electrons. The van der Waals surface area contributed by atoms with Gasteiger partial charge in [-0.05, 0) is 41.1 Å². The van der Waals surface area contributed by atoms with Gasteiger partial charge in [0.15, 0.2) is 5.82 Å². The van der Waals surface area contributed by atoms with Crippen molar-refractivity contribution in [2.75, 3.05) is 18.4 Å². The second kappa shape index (κ2) is 8.03. The highest BCUT2D eigenvalue weighted by Gasteiger charge is 2.34. The summed E-state index contributed by atoms with van der Waals surface area (Å²) >= 11 is 0. The summed E-state index contributed by atoms with van der Waals surface area (Å²) in [5, 5.41) is 21.4. The summed E-state index contributed by atoms with van der Waals surface area (Å²) in [4.78, 5) is 12.8. The zero-order valence-corrected chi connectivity index (χ0v) is 16.1. The van der Waals surface area contributed by atoms with Gasteiger partial charge in [0, 0.05) is 37.9 Å². The smallest absolute Gasteiger partial charge is 0.229 e. The molecule has 2 aromatic heterocycles. The van der Waals surface area contributed by atoms with Crippen molar-refractivity contribution < 1.29 is 9.18 Å². The number of aryl methyl sites for hydroxylation is 2. The standard InChI is InChI=1S/C17H19FN8O.ClH/c1-10-22-23-24-26(10)16-5-12(3-4-15(16)18)21-17(27)14-8-19-7-13(14)11-6-20-25(2)9-11;/h3-6,9,13-14,19H,7-8H2,1-2H3,(H,21,27);1H/t13-,14+;/m1./s1. The van der Waals surface area contributed by atoms with Crippen LogP contribution in [0.5, 0.6) is 0 Å². The van der Waals surface area contributed by atoms with E-state index in [1.807, 2.05) is 13.2 Å². The summed E-state index contributed by atoms with van der Waals surface area (Å²) in [6, 6.07) is 4.34. The maximum atomic E-state index is 14.2. The number of aromatic nitrogens is 6. The third-order valence-corrected chi connectivity index (χ3v) is 4.77. The Morgan fingerprint density at radius 1 is 1.36 bits per heavy atom. The van der Waals surface area contributed by atoms with E-state index in [0.717, 1.165) is 5.56 Å². The van der Waals surface area contributed by atoms with Gasteiger partial charge in [-0.15, -0.1) is 17.5 Å². The fourth-order valence-electron chi connectivity index (χ4n) is 3.38. The molecule has 3 heterocycles. The van der Waals surface area contributed by atoms with Crippen LogP contribution in [-0.4, -0.2) is 49.0 Å². The van der Waals surface area contributed by atoms with Gasteiger partial charge in [0.05, 0.1) is 12.1 Å². The summed E-state index contributed by atoms with van der Waals surface area (Å²) in [5.74, 6) is -0.342. The molecular formula is C17H20ClFN8O. The molecule has 2 atom stereocenters. The lowest BCUT2D eigenvalue weighted by Gasteiger charge is -2.17. The van der Waals surface area contributed by atoms with E-state index in [1.54, 1.807) is 17.8 Å². The maximum absolute atomic E-state index is 14.2. The molecule has 11 heteroatoms. The number of halogens is 2. The van der Waals surface area contributed by atoms with E-state index in [-0.39, 0.29) is 35.8 Å². The van der Waals surface area contributed by atoms with Crippen LogP contribution in [0.1, 0.15) is 17.3 Å². The molecule has 0 spiro atoms. The van der Waals surface area contributed by atoms with Gasteiger partial charge in [-0.25, -0.2) is 4.39 Å². The van der Waals surface area contributed by atoms with Gasteiger partial charge in [-0.3, -0.25) is 9.48 Å². The summed E-state index contributed by atoms with van der Waals surface area (Å²) in [7, 11) is 1.85. The van der Waals surface area contributed by atoms with Crippen LogP contribution in [0, 0.1) is 18.7 Å². The van der Waals surface area contributed by atoms with E-state index in [2.05, 4.69) is 31.3 Å². The third kappa shape index (κ3) is 3.73. The average molecular weight is 407 g/mol. The first-order valence-electron chi connectivity index (χ1n) is 8.58. The second-order valence-corrected chi connectivity index (χ2v) is 6.61. The zero-order chi connectivity index (χ0) is 19.0. The summed E-state index contributed by atoms with van der Waals surface area (Å²) in [5.41, 5.74) is 1.69. The van der Waals surface area contributed by atoms with Crippen molar-refractivity contribution in [2.45, 2.75) is 12.8 Å². The lowest BCUT2D eigenvalue weighted by molar-refractivity contribution is -0.119. The van der Waals surface area contributed by atoms with E-state index < -0.39 is 5.82 Å². The Hall–Kier alpha value is -2.85. The Morgan fingerprint density at radius 2 is 2.18 bits per heavy atom. The van der Waals surface area contributed by atoms with Crippen molar-refractivity contribution >= 4 is 24.0 Å². The maximum Gasteiger partial charge on any atom is 0.229 e. The number of carbonyl (C=O) groups excluding carboxylic acids is 1. The Balaban J connectivity index is 0.00000225. The third-order valence-electron chi connectivity index (χ3n) is 4.77. The van der Waals surface area contributed by atoms with Gasteiger partial charge in [0.25, 0.3) is 0 Å². The van der Waals surface area contributed by atoms with Gasteiger partial charge in [0.2, 0.25) is 5.91 Å². The van der Waals surface area contributed by atoms with E-state index in [1.165, 1.54) is 22.9 Å². The quantitative estimate of drug-likeness (QED) is 0.675. The van der Waals surface area contributed by atoms with Crippen molar-refractivity contribution in [3.8, 4) is 5.69 Å². The number of nitrogens with one attached hydrogen (secondary N) is 2. The molecule has 0 aliphatic carbocycles. The molecule has 2 N–H and O–H groups in total. The van der Waals surface area contributed by atoms with Crippen LogP contribution in [0.2, 0.25) is 0 Å². The van der Waals surface area contributed by atoms with Crippen LogP contribution in [0.25, 0.3) is 5.69 Å². The van der Waals surface area contributed by atoms with E-state index in [9.17, 15) is 9.18 Å². The number of nitrogens with zero attached hydrogens (tertiary/aromatic N) is 6. The predicted octanol–water partition coefficient (Wildman–Crippen LogP) is 1.21. The van der Waals surface area contributed by atoms with Crippen molar-refractivity contribution in [3.63, 3.8) is 0 Å². The summed E-state index contributed by atoms with van der Waals surface area (Å²) in [6.45, 7) is 2.96. The molecule has 1 amide bonds. The highest BCUT2D eigenvalue weighted by atomic mass is 35.5. The second-order valence-electron chi connectivity index (χ2n) is 6.61. The van der Waals surface area contributed by atoms with E-state index >= 15 is 0 Å². The minimum atomic E-state index is -0.473. The van der Waals surface area contributed by atoms with Crippen molar-refractivity contribution in [1.29, 1.82) is 0 Å². The zero-order valence-electron chi connectivity index (χ0n) is 15.3. The minimum absolute atomic E-state index is 0. The van der Waals surface area contributed by atoms with E-state index in [0.29, 0.717) is 24.6 Å². The molecule has 1 aromatic carbocycles. The molecule has 1 aliphatic heterocycles. The van der Waals surface area contributed by atoms with Crippen LogP contribution in [0.15, 0.2) is 30.6 Å². The Labute approximate surface area is 166 Å². The first-order valence-corrected chi connectivity index (χ1v) is 8.58. The van der Waals surface area contributed by atoms with Crippen molar-refractivity contribution in [1.82, 2.24) is 35.3 Å². The van der Waals surface area contributed by atoms with Crippen LogP contribution < -0.4 is 10.6 Å². The highest BCUT2D eigenvalue weighted by Crippen LogP contribution is 2.29. The van der Waals surface area contributed by atoms with Crippen LogP contribution in [0.4, 0.5) is 10.1 Å². The molecule has 28 heavy (non-hydrogen) atoms. The first-order chi connectivity index (χ1) is 13.0. The number of benzene rings is 1. The lowest BCUT2D eigenvalue weighted by Crippen LogP contribution is -2.28. The Morgan fingerprint density at radius 3 is 2.86 bits per heavy atom. The number of rotatable bonds is 4. The molecule has 0 saturated carbocycles. The Bertz CT molecular complexity index is 987. The van der Waals surface area contributed by atoms with Crippen molar-refractivity contribution in [2.24, 2.45) is 13.0 Å². The number of hydrogen-bond donors (Lipinski definition) is 2. The molecule has 0 bridgehead atoms. The minimum Gasteiger partial charge on any atom is -0.326 e. The predicted molar refractivity (Wildman–Crippen MR) is 102 cm³/mol. The Kier molecular flexibility index (Phi) is 5.71. The molecule has 3 aromatic rings. The molecule has 1 aliphatic rings. The topological polar surface area (TPSA) is 103 Å². The number of hydrogen-bond acceptors (Lipinski definition) is 6. The fraction of sp³-hybridized carbons (Fsp3) is 0.353. The van der Waals surface area contributed by atoms with E-state index in [4.69, 9.17) is 0 Å². The first kappa shape index (κ1) is 19.9. The van der Waals surface area contributed by atoms with Crippen LogP contribution in [-0.2, 0) is 11.8 Å². The summed E-state index contributed by atoms with van der Waals surface area (Å²) < 4.78 is 17.2. The normalized spacial score (nSPS) is 18.7. The molecular weight excluding hydrogens is 387 g/mol. The van der Waals surface area contributed by atoms with Gasteiger partial charge in [0.1, 0.15) is 11.5 Å². The van der Waals surface area contributed by atoms with Crippen LogP contribution >= 0.6 is 12.4 Å². The van der Waals surface area contributed by atoms with Gasteiger partial charge in [-0.1, -0.05) is 0 Å². The largest absolute Gasteiger partial charge is 0.326 e. The summed E-state index contributed by atoms with van der Waals surface area (Å²) in [6.07, 6.45) is 3.71. The van der Waals surface area contributed by atoms with Crippen LogP contribution in [0.3, 0.4) is 0 Å². The van der Waals surface area contributed by atoms with Gasteiger partial charge < -0.3 is 10.6 Å². The number of amides is 1. The highest BCUT2D eigenvalue weighted by molar-refractivity contribution is 5.94. The molecule has 9 nitrogen and oxygen atoms in total. The molecule has 148 valence electrons. The SMILES string of the molecule is Cc1nnnn1-c1cc(NC(=O)[C@H]2CNC[C@@H]2c2cnn(C)c2)ccc1F.Cl. The monoisotopic (exact) mass is 406 g/mol. The fourth-order valence-corrected chi connectivity index (χ4v) is 3.38. The molecule has 0 unspecified atom stereocenters. The number of tetrazole rings is 1. The van der Waals surface area contributed by atoms with Gasteiger partial charge in [-0.2, -0.15) is 9.78 Å². The number of anilines is 1. The average Bonchev–Trinajstić information content (AvgIpc) is 3.37. The number of carbonyl (C=O) groups is 1. The van der Waals surface area contributed by atoms with Crippen molar-refractivity contribution in [3.05, 3.63) is 47.8 Å².